The lowest BCUT2D eigenvalue weighted by molar-refractivity contribution is 0.339. The van der Waals surface area contributed by atoms with Gasteiger partial charge >= 0.3 is 0 Å². The summed E-state index contributed by atoms with van der Waals surface area (Å²) < 4.78 is 13.1. The molecule has 0 saturated heterocycles. The van der Waals surface area contributed by atoms with E-state index in [2.05, 4.69) is 0 Å². The SMILES string of the molecule is C[C@@H](Cl)[C@@H](F)c1ccccc1. The van der Waals surface area contributed by atoms with Gasteiger partial charge in [0.1, 0.15) is 6.17 Å². The van der Waals surface area contributed by atoms with E-state index in [4.69, 9.17) is 11.6 Å². The number of hydrogen-bond donors (Lipinski definition) is 0. The molecule has 60 valence electrons. The second-order valence-corrected chi connectivity index (χ2v) is 3.18. The zero-order chi connectivity index (χ0) is 8.27. The molecule has 0 aliphatic heterocycles. The van der Waals surface area contributed by atoms with Crippen LogP contribution in [0.4, 0.5) is 4.39 Å². The summed E-state index contributed by atoms with van der Waals surface area (Å²) in [5, 5.41) is -0.461. The van der Waals surface area contributed by atoms with Crippen LogP contribution in [0.5, 0.6) is 0 Å². The van der Waals surface area contributed by atoms with Crippen LogP contribution in [-0.4, -0.2) is 5.38 Å². The van der Waals surface area contributed by atoms with Crippen LogP contribution < -0.4 is 0 Å². The number of benzene rings is 1. The molecule has 0 amide bonds. The van der Waals surface area contributed by atoms with Crippen molar-refractivity contribution in [1.82, 2.24) is 0 Å². The largest absolute Gasteiger partial charge is 0.241 e. The summed E-state index contributed by atoms with van der Waals surface area (Å²) in [6.45, 7) is 1.65. The van der Waals surface area contributed by atoms with Crippen LogP contribution in [0.3, 0.4) is 0 Å². The van der Waals surface area contributed by atoms with Gasteiger partial charge in [0.25, 0.3) is 0 Å². The van der Waals surface area contributed by atoms with Crippen LogP contribution in [-0.2, 0) is 0 Å². The molecular formula is C9H10ClF. The highest BCUT2D eigenvalue weighted by Crippen LogP contribution is 2.24. The van der Waals surface area contributed by atoms with Gasteiger partial charge in [0.2, 0.25) is 0 Å². The van der Waals surface area contributed by atoms with Gasteiger partial charge in [-0.1, -0.05) is 30.3 Å². The van der Waals surface area contributed by atoms with E-state index in [-0.39, 0.29) is 0 Å². The third-order valence-corrected chi connectivity index (χ3v) is 1.74. The molecule has 0 bridgehead atoms. The molecule has 2 heteroatoms. The van der Waals surface area contributed by atoms with Crippen molar-refractivity contribution in [3.05, 3.63) is 35.9 Å². The fourth-order valence-corrected chi connectivity index (χ4v) is 1.05. The lowest BCUT2D eigenvalue weighted by Crippen LogP contribution is -2.02. The van der Waals surface area contributed by atoms with Gasteiger partial charge in [-0.05, 0) is 12.5 Å². The van der Waals surface area contributed by atoms with E-state index >= 15 is 0 Å². The first-order valence-corrected chi connectivity index (χ1v) is 3.98. The molecule has 0 saturated carbocycles. The molecule has 0 heterocycles. The van der Waals surface area contributed by atoms with Crippen LogP contribution >= 0.6 is 11.6 Å². The maximum absolute atomic E-state index is 13.1. The molecule has 1 aromatic rings. The van der Waals surface area contributed by atoms with Crippen molar-refractivity contribution in [2.75, 3.05) is 0 Å². The molecule has 0 unspecified atom stereocenters. The average molecular weight is 173 g/mol. The van der Waals surface area contributed by atoms with Crippen molar-refractivity contribution in [2.24, 2.45) is 0 Å². The van der Waals surface area contributed by atoms with Crippen LogP contribution in [0.1, 0.15) is 18.7 Å². The maximum atomic E-state index is 13.1. The summed E-state index contributed by atoms with van der Waals surface area (Å²) in [5.74, 6) is 0. The second-order valence-electron chi connectivity index (χ2n) is 2.49. The van der Waals surface area contributed by atoms with Gasteiger partial charge in [-0.2, -0.15) is 0 Å². The molecule has 0 spiro atoms. The van der Waals surface area contributed by atoms with E-state index in [1.807, 2.05) is 6.07 Å². The maximum Gasteiger partial charge on any atom is 0.141 e. The summed E-state index contributed by atoms with van der Waals surface area (Å²) in [4.78, 5) is 0. The molecule has 0 aliphatic rings. The minimum atomic E-state index is -1.06. The van der Waals surface area contributed by atoms with Crippen LogP contribution in [0.2, 0.25) is 0 Å². The Hall–Kier alpha value is -0.560. The summed E-state index contributed by atoms with van der Waals surface area (Å²) in [6, 6.07) is 8.95. The van der Waals surface area contributed by atoms with Crippen LogP contribution in [0, 0.1) is 0 Å². The minimum absolute atomic E-state index is 0.461. The summed E-state index contributed by atoms with van der Waals surface area (Å²) in [5.41, 5.74) is 0.648. The van der Waals surface area contributed by atoms with E-state index < -0.39 is 11.5 Å². The van der Waals surface area contributed by atoms with Crippen molar-refractivity contribution in [1.29, 1.82) is 0 Å². The Labute approximate surface area is 71.0 Å². The molecular weight excluding hydrogens is 163 g/mol. The van der Waals surface area contributed by atoms with Gasteiger partial charge in [-0.15, -0.1) is 11.6 Å². The van der Waals surface area contributed by atoms with Gasteiger partial charge in [0.15, 0.2) is 0 Å². The summed E-state index contributed by atoms with van der Waals surface area (Å²) >= 11 is 5.59. The molecule has 0 aromatic heterocycles. The summed E-state index contributed by atoms with van der Waals surface area (Å²) in [6.07, 6.45) is -1.06. The molecule has 0 nitrogen and oxygen atoms in total. The Morgan fingerprint density at radius 1 is 1.27 bits per heavy atom. The van der Waals surface area contributed by atoms with Gasteiger partial charge in [0, 0.05) is 0 Å². The number of alkyl halides is 2. The van der Waals surface area contributed by atoms with Crippen molar-refractivity contribution in [3.63, 3.8) is 0 Å². The monoisotopic (exact) mass is 172 g/mol. The first kappa shape index (κ1) is 8.54. The molecule has 0 aliphatic carbocycles. The van der Waals surface area contributed by atoms with Gasteiger partial charge in [-0.3, -0.25) is 0 Å². The third-order valence-electron chi connectivity index (χ3n) is 1.52. The minimum Gasteiger partial charge on any atom is -0.241 e. The lowest BCUT2D eigenvalue weighted by Gasteiger charge is -2.09. The van der Waals surface area contributed by atoms with Crippen molar-refractivity contribution in [2.45, 2.75) is 18.5 Å². The van der Waals surface area contributed by atoms with Crippen molar-refractivity contribution >= 4 is 11.6 Å². The zero-order valence-electron chi connectivity index (χ0n) is 6.30. The van der Waals surface area contributed by atoms with Crippen molar-refractivity contribution < 1.29 is 4.39 Å². The van der Waals surface area contributed by atoms with E-state index in [1.165, 1.54) is 0 Å². The van der Waals surface area contributed by atoms with Gasteiger partial charge in [-0.25, -0.2) is 4.39 Å². The highest BCUT2D eigenvalue weighted by Gasteiger charge is 2.14. The molecule has 0 N–H and O–H groups in total. The zero-order valence-corrected chi connectivity index (χ0v) is 7.05. The van der Waals surface area contributed by atoms with E-state index in [0.717, 1.165) is 0 Å². The normalized spacial score (nSPS) is 15.9. The van der Waals surface area contributed by atoms with Gasteiger partial charge < -0.3 is 0 Å². The topological polar surface area (TPSA) is 0 Å². The highest BCUT2D eigenvalue weighted by atomic mass is 35.5. The molecule has 11 heavy (non-hydrogen) atoms. The fraction of sp³-hybridized carbons (Fsp3) is 0.333. The highest BCUT2D eigenvalue weighted by molar-refractivity contribution is 6.20. The third kappa shape index (κ3) is 2.19. The van der Waals surface area contributed by atoms with Gasteiger partial charge in [0.05, 0.1) is 5.38 Å². The molecule has 2 atom stereocenters. The lowest BCUT2D eigenvalue weighted by atomic mass is 10.1. The smallest absolute Gasteiger partial charge is 0.141 e. The quantitative estimate of drug-likeness (QED) is 0.601. The van der Waals surface area contributed by atoms with E-state index in [1.54, 1.807) is 31.2 Å². The second kappa shape index (κ2) is 3.72. The Bertz CT molecular complexity index is 208. The first-order valence-electron chi connectivity index (χ1n) is 3.55. The molecule has 0 fully saturated rings. The Balaban J connectivity index is 2.77. The number of halogens is 2. The van der Waals surface area contributed by atoms with E-state index in [0.29, 0.717) is 5.56 Å². The Morgan fingerprint density at radius 2 is 1.82 bits per heavy atom. The Morgan fingerprint density at radius 3 is 2.27 bits per heavy atom. The predicted molar refractivity (Wildman–Crippen MR) is 45.6 cm³/mol. The number of rotatable bonds is 2. The predicted octanol–water partition coefficient (Wildman–Crippen LogP) is 3.32. The van der Waals surface area contributed by atoms with Crippen LogP contribution in [0.25, 0.3) is 0 Å². The number of hydrogen-bond acceptors (Lipinski definition) is 0. The molecule has 1 aromatic carbocycles. The standard InChI is InChI=1S/C9H10ClF/c1-7(10)9(11)8-5-3-2-4-6-8/h2-7,9H,1H3/t7-,9-/m1/s1. The van der Waals surface area contributed by atoms with Crippen LogP contribution in [0.15, 0.2) is 30.3 Å². The molecule has 1 rings (SSSR count). The Kier molecular flexibility index (Phi) is 2.89. The van der Waals surface area contributed by atoms with E-state index in [9.17, 15) is 4.39 Å². The fourth-order valence-electron chi connectivity index (χ4n) is 0.902. The first-order chi connectivity index (χ1) is 5.22. The van der Waals surface area contributed by atoms with Crippen molar-refractivity contribution in [3.8, 4) is 0 Å². The average Bonchev–Trinajstić information content (AvgIpc) is 2.05. The summed E-state index contributed by atoms with van der Waals surface area (Å²) in [7, 11) is 0. The molecule has 0 radical (unpaired) electrons.